The van der Waals surface area contributed by atoms with Crippen molar-refractivity contribution in [1.29, 1.82) is 0 Å². The summed E-state index contributed by atoms with van der Waals surface area (Å²) in [5.41, 5.74) is 0.245. The van der Waals surface area contributed by atoms with E-state index in [9.17, 15) is 17.7 Å². The fourth-order valence-electron chi connectivity index (χ4n) is 1.92. The van der Waals surface area contributed by atoms with Crippen LogP contribution in [0.25, 0.3) is 0 Å². The van der Waals surface area contributed by atoms with Crippen molar-refractivity contribution < 1.29 is 22.3 Å². The Hall–Kier alpha value is -1.49. The molecule has 0 spiro atoms. The zero-order valence-electron chi connectivity index (χ0n) is 12.0. The monoisotopic (exact) mass is 363 g/mol. The molecular formula is C15H14ClF3NO2P. The van der Waals surface area contributed by atoms with Crippen molar-refractivity contribution in [2.75, 3.05) is 11.8 Å². The molecule has 0 aliphatic rings. The van der Waals surface area contributed by atoms with Crippen molar-refractivity contribution in [2.45, 2.75) is 12.3 Å². The molecule has 0 aliphatic carbocycles. The summed E-state index contributed by atoms with van der Waals surface area (Å²) >= 11 is 5.73. The lowest BCUT2D eigenvalue weighted by Gasteiger charge is -2.25. The van der Waals surface area contributed by atoms with Crippen LogP contribution in [-0.4, -0.2) is 12.8 Å². The van der Waals surface area contributed by atoms with Gasteiger partial charge in [0, 0.05) is 17.4 Å². The van der Waals surface area contributed by atoms with Crippen LogP contribution >= 0.6 is 19.1 Å². The number of halogens is 4. The molecule has 0 radical (unpaired) electrons. The SMILES string of the molecule is CP(=O)(Nc1ccc(Cl)cc1)OC(c1ccccc1)C(F)(F)F. The Morgan fingerprint density at radius 1 is 1.09 bits per heavy atom. The molecule has 23 heavy (non-hydrogen) atoms. The predicted octanol–water partition coefficient (Wildman–Crippen LogP) is 5.90. The van der Waals surface area contributed by atoms with Crippen molar-refractivity contribution in [3.05, 3.63) is 65.2 Å². The van der Waals surface area contributed by atoms with Crippen LogP contribution < -0.4 is 5.09 Å². The van der Waals surface area contributed by atoms with Gasteiger partial charge in [0.1, 0.15) is 0 Å². The predicted molar refractivity (Wildman–Crippen MR) is 84.9 cm³/mol. The van der Waals surface area contributed by atoms with E-state index in [1.165, 1.54) is 48.5 Å². The molecule has 2 atom stereocenters. The summed E-state index contributed by atoms with van der Waals surface area (Å²) in [6.45, 7) is 1.10. The fourth-order valence-corrected chi connectivity index (χ4v) is 3.36. The van der Waals surface area contributed by atoms with Crippen LogP contribution in [0.15, 0.2) is 54.6 Å². The Kier molecular flexibility index (Phi) is 5.40. The van der Waals surface area contributed by atoms with Crippen LogP contribution in [0.2, 0.25) is 5.02 Å². The van der Waals surface area contributed by atoms with Gasteiger partial charge in [-0.3, -0.25) is 9.09 Å². The fraction of sp³-hybridized carbons (Fsp3) is 0.200. The minimum atomic E-state index is -4.69. The van der Waals surface area contributed by atoms with Crippen LogP contribution in [-0.2, 0) is 9.09 Å². The van der Waals surface area contributed by atoms with Gasteiger partial charge in [0.2, 0.25) is 0 Å². The van der Waals surface area contributed by atoms with Gasteiger partial charge in [-0.05, 0) is 29.8 Å². The zero-order chi connectivity index (χ0) is 17.1. The van der Waals surface area contributed by atoms with Crippen LogP contribution in [0.5, 0.6) is 0 Å². The molecule has 0 saturated heterocycles. The second kappa shape index (κ2) is 6.95. The smallest absolute Gasteiger partial charge is 0.316 e. The van der Waals surface area contributed by atoms with E-state index in [0.717, 1.165) is 6.66 Å². The second-order valence-electron chi connectivity index (χ2n) is 4.90. The second-order valence-corrected chi connectivity index (χ2v) is 7.46. The number of hydrogen-bond acceptors (Lipinski definition) is 2. The molecule has 8 heteroatoms. The molecule has 0 amide bonds. The summed E-state index contributed by atoms with van der Waals surface area (Å²) in [6.07, 6.45) is -6.96. The van der Waals surface area contributed by atoms with Crippen LogP contribution in [0.1, 0.15) is 11.7 Å². The van der Waals surface area contributed by atoms with E-state index in [-0.39, 0.29) is 5.56 Å². The topological polar surface area (TPSA) is 38.3 Å². The highest BCUT2D eigenvalue weighted by Gasteiger charge is 2.45. The van der Waals surface area contributed by atoms with Gasteiger partial charge in [-0.1, -0.05) is 41.9 Å². The molecule has 0 aromatic heterocycles. The maximum Gasteiger partial charge on any atom is 0.419 e. The largest absolute Gasteiger partial charge is 0.419 e. The molecule has 0 heterocycles. The first-order valence-corrected chi connectivity index (χ1v) is 9.04. The molecule has 0 fully saturated rings. The average Bonchev–Trinajstić information content (AvgIpc) is 2.47. The maximum atomic E-state index is 13.2. The lowest BCUT2D eigenvalue weighted by molar-refractivity contribution is -0.197. The first-order chi connectivity index (χ1) is 10.7. The number of hydrogen-bond donors (Lipinski definition) is 1. The molecular weight excluding hydrogens is 350 g/mol. The normalized spacial score (nSPS) is 15.7. The highest BCUT2D eigenvalue weighted by atomic mass is 35.5. The Bertz CT molecular complexity index is 692. The lowest BCUT2D eigenvalue weighted by atomic mass is 10.1. The number of anilines is 1. The quantitative estimate of drug-likeness (QED) is 0.672. The van der Waals surface area contributed by atoms with E-state index in [4.69, 9.17) is 16.1 Å². The summed E-state index contributed by atoms with van der Waals surface area (Å²) in [6, 6.07) is 13.1. The van der Waals surface area contributed by atoms with Crippen LogP contribution in [0, 0.1) is 0 Å². The molecule has 2 aromatic rings. The average molecular weight is 364 g/mol. The van der Waals surface area contributed by atoms with Gasteiger partial charge < -0.3 is 5.09 Å². The van der Waals surface area contributed by atoms with Gasteiger partial charge in [0.15, 0.2) is 6.10 Å². The van der Waals surface area contributed by atoms with Crippen molar-refractivity contribution in [2.24, 2.45) is 0 Å². The zero-order valence-corrected chi connectivity index (χ0v) is 13.7. The highest BCUT2D eigenvalue weighted by molar-refractivity contribution is 7.59. The van der Waals surface area contributed by atoms with Gasteiger partial charge >= 0.3 is 6.18 Å². The van der Waals surface area contributed by atoms with E-state index in [0.29, 0.717) is 10.7 Å². The van der Waals surface area contributed by atoms with Crippen LogP contribution in [0.3, 0.4) is 0 Å². The lowest BCUT2D eigenvalue weighted by Crippen LogP contribution is -2.23. The first kappa shape index (κ1) is 17.9. The third-order valence-electron chi connectivity index (χ3n) is 2.88. The standard InChI is InChI=1S/C15H14ClF3NO2P/c1-23(21,20-13-9-7-12(16)8-10-13)22-14(15(17,18)19)11-5-3-2-4-6-11/h2-10,14H,1H3,(H,20,21). The summed E-state index contributed by atoms with van der Waals surface area (Å²) < 4.78 is 57.1. The van der Waals surface area contributed by atoms with Crippen molar-refractivity contribution in [3.8, 4) is 0 Å². The summed E-state index contributed by atoms with van der Waals surface area (Å²) in [4.78, 5) is 0. The Morgan fingerprint density at radius 3 is 2.17 bits per heavy atom. The van der Waals surface area contributed by atoms with Gasteiger partial charge in [-0.25, -0.2) is 0 Å². The number of benzene rings is 2. The van der Waals surface area contributed by atoms with Gasteiger partial charge in [-0.2, -0.15) is 13.2 Å². The number of nitrogens with one attached hydrogen (secondary N) is 1. The molecule has 2 rings (SSSR count). The van der Waals surface area contributed by atoms with Gasteiger partial charge in [0.05, 0.1) is 0 Å². The minimum Gasteiger partial charge on any atom is -0.316 e. The van der Waals surface area contributed by atoms with Gasteiger partial charge in [0.25, 0.3) is 7.52 Å². The molecule has 124 valence electrons. The van der Waals surface area contributed by atoms with Crippen molar-refractivity contribution in [1.82, 2.24) is 0 Å². The number of rotatable bonds is 5. The maximum absolute atomic E-state index is 13.2. The summed E-state index contributed by atoms with van der Waals surface area (Å²) in [7, 11) is -3.76. The molecule has 0 saturated carbocycles. The van der Waals surface area contributed by atoms with Crippen molar-refractivity contribution >= 4 is 24.8 Å². The Balaban J connectivity index is 2.21. The van der Waals surface area contributed by atoms with Crippen molar-refractivity contribution in [3.63, 3.8) is 0 Å². The highest BCUT2D eigenvalue weighted by Crippen LogP contribution is 2.51. The molecule has 2 aromatic carbocycles. The third-order valence-corrected chi connectivity index (χ3v) is 4.41. The molecule has 0 aliphatic heterocycles. The summed E-state index contributed by atoms with van der Waals surface area (Å²) in [5.74, 6) is 0. The third kappa shape index (κ3) is 5.27. The van der Waals surface area contributed by atoms with E-state index >= 15 is 0 Å². The molecule has 3 nitrogen and oxygen atoms in total. The molecule has 0 bridgehead atoms. The minimum absolute atomic E-state index is 0.111. The van der Waals surface area contributed by atoms with E-state index < -0.39 is 19.8 Å². The number of alkyl halides is 3. The summed E-state index contributed by atoms with van der Waals surface area (Å²) in [5, 5.41) is 2.95. The van der Waals surface area contributed by atoms with Crippen LogP contribution in [0.4, 0.5) is 18.9 Å². The van der Waals surface area contributed by atoms with E-state index in [1.807, 2.05) is 0 Å². The molecule has 2 unspecified atom stereocenters. The Morgan fingerprint density at radius 2 is 1.65 bits per heavy atom. The molecule has 1 N–H and O–H groups in total. The van der Waals surface area contributed by atoms with E-state index in [1.54, 1.807) is 6.07 Å². The van der Waals surface area contributed by atoms with Gasteiger partial charge in [-0.15, -0.1) is 0 Å². The Labute approximate surface area is 136 Å². The first-order valence-electron chi connectivity index (χ1n) is 6.59. The van der Waals surface area contributed by atoms with E-state index in [2.05, 4.69) is 5.09 Å².